The second-order valence-electron chi connectivity index (χ2n) is 7.09. The fourth-order valence-electron chi connectivity index (χ4n) is 2.89. The Hall–Kier alpha value is -1.95. The highest BCUT2D eigenvalue weighted by Crippen LogP contribution is 2.24. The van der Waals surface area contributed by atoms with E-state index in [1.54, 1.807) is 42.5 Å². The summed E-state index contributed by atoms with van der Waals surface area (Å²) in [5.41, 5.74) is 0.691. The Kier molecular flexibility index (Phi) is 9.28. The van der Waals surface area contributed by atoms with Crippen molar-refractivity contribution in [2.45, 2.75) is 45.8 Å². The van der Waals surface area contributed by atoms with Crippen LogP contribution in [0.3, 0.4) is 0 Å². The molecule has 5 nitrogen and oxygen atoms in total. The van der Waals surface area contributed by atoms with Gasteiger partial charge in [-0.2, -0.15) is 0 Å². The van der Waals surface area contributed by atoms with Crippen molar-refractivity contribution in [1.82, 2.24) is 10.2 Å². The van der Waals surface area contributed by atoms with Gasteiger partial charge in [-0.1, -0.05) is 47.8 Å². The minimum absolute atomic E-state index is 0.0482. The lowest BCUT2D eigenvalue weighted by molar-refractivity contribution is -0.143. The molecular weight excluding hydrogens is 447 g/mol. The first kappa shape index (κ1) is 24.3. The molecule has 0 heterocycles. The van der Waals surface area contributed by atoms with Crippen molar-refractivity contribution in [2.75, 3.05) is 6.61 Å². The van der Waals surface area contributed by atoms with E-state index in [-0.39, 0.29) is 31.0 Å². The van der Waals surface area contributed by atoms with Gasteiger partial charge in [0.2, 0.25) is 5.91 Å². The minimum atomic E-state index is -0.666. The van der Waals surface area contributed by atoms with E-state index in [2.05, 4.69) is 5.32 Å². The predicted molar refractivity (Wildman–Crippen MR) is 121 cm³/mol. The number of hydrogen-bond donors (Lipinski definition) is 1. The lowest BCUT2D eigenvalue weighted by atomic mass is 10.1. The standard InChI is InChI=1S/C22H25Cl3N2O3/c1-4-20(22(29)26-14(2)3)27(12-15-5-6-17(24)11-19(15)25)21(28)13-30-18-9-7-16(23)8-10-18/h5-11,14,20H,4,12-13H2,1-3H3,(H,26,29)/t20-/m0/s1. The van der Waals surface area contributed by atoms with Crippen molar-refractivity contribution in [3.05, 3.63) is 63.1 Å². The van der Waals surface area contributed by atoms with Crippen molar-refractivity contribution in [2.24, 2.45) is 0 Å². The van der Waals surface area contributed by atoms with E-state index in [0.29, 0.717) is 32.8 Å². The topological polar surface area (TPSA) is 58.6 Å². The van der Waals surface area contributed by atoms with Gasteiger partial charge in [-0.15, -0.1) is 0 Å². The zero-order chi connectivity index (χ0) is 22.3. The van der Waals surface area contributed by atoms with Crippen LogP contribution in [0.25, 0.3) is 0 Å². The van der Waals surface area contributed by atoms with Crippen LogP contribution in [0.15, 0.2) is 42.5 Å². The molecule has 0 aliphatic heterocycles. The molecule has 0 spiro atoms. The van der Waals surface area contributed by atoms with E-state index in [9.17, 15) is 9.59 Å². The third kappa shape index (κ3) is 7.08. The first-order chi connectivity index (χ1) is 14.2. The first-order valence-electron chi connectivity index (χ1n) is 9.63. The van der Waals surface area contributed by atoms with Gasteiger partial charge in [-0.05, 0) is 62.2 Å². The van der Waals surface area contributed by atoms with E-state index in [4.69, 9.17) is 39.5 Å². The fraction of sp³-hybridized carbons (Fsp3) is 0.364. The number of ether oxygens (including phenoxy) is 1. The summed E-state index contributed by atoms with van der Waals surface area (Å²) in [6.45, 7) is 5.53. The molecule has 2 aromatic rings. The van der Waals surface area contributed by atoms with Gasteiger partial charge in [0.1, 0.15) is 11.8 Å². The van der Waals surface area contributed by atoms with Gasteiger partial charge in [-0.3, -0.25) is 9.59 Å². The van der Waals surface area contributed by atoms with Crippen molar-refractivity contribution in [1.29, 1.82) is 0 Å². The first-order valence-corrected chi connectivity index (χ1v) is 10.8. The lowest BCUT2D eigenvalue weighted by Crippen LogP contribution is -2.51. The molecule has 2 amide bonds. The highest BCUT2D eigenvalue weighted by atomic mass is 35.5. The summed E-state index contributed by atoms with van der Waals surface area (Å²) in [7, 11) is 0. The highest BCUT2D eigenvalue weighted by Gasteiger charge is 2.29. The Morgan fingerprint density at radius 3 is 2.23 bits per heavy atom. The van der Waals surface area contributed by atoms with Crippen LogP contribution in [-0.4, -0.2) is 35.4 Å². The molecule has 0 fully saturated rings. The highest BCUT2D eigenvalue weighted by molar-refractivity contribution is 6.35. The number of carbonyl (C=O) groups is 2. The summed E-state index contributed by atoms with van der Waals surface area (Å²) in [5.74, 6) is -0.0453. The fourth-order valence-corrected chi connectivity index (χ4v) is 3.49. The van der Waals surface area contributed by atoms with Gasteiger partial charge in [0.05, 0.1) is 0 Å². The largest absolute Gasteiger partial charge is 0.484 e. The van der Waals surface area contributed by atoms with E-state index >= 15 is 0 Å². The number of nitrogens with zero attached hydrogens (tertiary/aromatic N) is 1. The zero-order valence-corrected chi connectivity index (χ0v) is 19.4. The van der Waals surface area contributed by atoms with E-state index in [0.717, 1.165) is 0 Å². The summed E-state index contributed by atoms with van der Waals surface area (Å²) < 4.78 is 5.61. The van der Waals surface area contributed by atoms with Crippen LogP contribution in [-0.2, 0) is 16.1 Å². The van der Waals surface area contributed by atoms with E-state index < -0.39 is 6.04 Å². The number of carbonyl (C=O) groups excluding carboxylic acids is 2. The maximum Gasteiger partial charge on any atom is 0.261 e. The summed E-state index contributed by atoms with van der Waals surface area (Å²) in [5, 5.41) is 4.38. The van der Waals surface area contributed by atoms with Gasteiger partial charge in [0, 0.05) is 27.7 Å². The van der Waals surface area contributed by atoms with E-state index in [1.165, 1.54) is 4.90 Å². The maximum absolute atomic E-state index is 13.1. The molecule has 0 aromatic heterocycles. The molecule has 30 heavy (non-hydrogen) atoms. The molecule has 2 rings (SSSR count). The number of benzene rings is 2. The van der Waals surface area contributed by atoms with Gasteiger partial charge in [-0.25, -0.2) is 0 Å². The third-order valence-electron chi connectivity index (χ3n) is 4.35. The second-order valence-corrected chi connectivity index (χ2v) is 8.37. The normalized spacial score (nSPS) is 11.8. The number of rotatable bonds is 9. The van der Waals surface area contributed by atoms with Gasteiger partial charge < -0.3 is 15.0 Å². The molecule has 0 aliphatic carbocycles. The smallest absolute Gasteiger partial charge is 0.261 e. The second kappa shape index (κ2) is 11.4. The Balaban J connectivity index is 2.24. The number of amides is 2. The number of hydrogen-bond acceptors (Lipinski definition) is 3. The monoisotopic (exact) mass is 470 g/mol. The molecule has 2 aromatic carbocycles. The third-order valence-corrected chi connectivity index (χ3v) is 5.19. The Labute approximate surface area is 192 Å². The van der Waals surface area contributed by atoms with Crippen molar-refractivity contribution < 1.29 is 14.3 Å². The van der Waals surface area contributed by atoms with Crippen molar-refractivity contribution in [3.63, 3.8) is 0 Å². The van der Waals surface area contributed by atoms with Gasteiger partial charge >= 0.3 is 0 Å². The molecule has 0 radical (unpaired) electrons. The summed E-state index contributed by atoms with van der Waals surface area (Å²) in [4.78, 5) is 27.3. The molecule has 0 saturated carbocycles. The molecule has 162 valence electrons. The predicted octanol–water partition coefficient (Wildman–Crippen LogP) is 5.36. The average Bonchev–Trinajstić information content (AvgIpc) is 2.68. The molecule has 0 saturated heterocycles. The summed E-state index contributed by atoms with van der Waals surface area (Å²) >= 11 is 18.2. The Morgan fingerprint density at radius 2 is 1.67 bits per heavy atom. The van der Waals surface area contributed by atoms with Gasteiger partial charge in [0.15, 0.2) is 6.61 Å². The van der Waals surface area contributed by atoms with Crippen LogP contribution in [0.2, 0.25) is 15.1 Å². The lowest BCUT2D eigenvalue weighted by Gasteiger charge is -2.31. The van der Waals surface area contributed by atoms with Gasteiger partial charge in [0.25, 0.3) is 5.91 Å². The molecule has 0 unspecified atom stereocenters. The quantitative estimate of drug-likeness (QED) is 0.536. The summed E-state index contributed by atoms with van der Waals surface area (Å²) in [6.07, 6.45) is 0.441. The van der Waals surface area contributed by atoms with Crippen LogP contribution < -0.4 is 10.1 Å². The maximum atomic E-state index is 13.1. The van der Waals surface area contributed by atoms with Crippen LogP contribution in [0, 0.1) is 0 Å². The van der Waals surface area contributed by atoms with Crippen LogP contribution in [0.4, 0.5) is 0 Å². The Bertz CT molecular complexity index is 872. The van der Waals surface area contributed by atoms with Crippen LogP contribution in [0.1, 0.15) is 32.8 Å². The van der Waals surface area contributed by atoms with E-state index in [1.807, 2.05) is 20.8 Å². The van der Waals surface area contributed by atoms with Crippen molar-refractivity contribution >= 4 is 46.6 Å². The Morgan fingerprint density at radius 1 is 1.03 bits per heavy atom. The molecule has 0 aliphatic rings. The number of halogens is 3. The van der Waals surface area contributed by atoms with Crippen LogP contribution >= 0.6 is 34.8 Å². The molecule has 0 bridgehead atoms. The number of nitrogens with one attached hydrogen (secondary N) is 1. The minimum Gasteiger partial charge on any atom is -0.484 e. The molecular formula is C22H25Cl3N2O3. The zero-order valence-electron chi connectivity index (χ0n) is 17.1. The SMILES string of the molecule is CC[C@@H](C(=O)NC(C)C)N(Cc1ccc(Cl)cc1Cl)C(=O)COc1ccc(Cl)cc1. The molecule has 1 N–H and O–H groups in total. The molecule has 8 heteroatoms. The molecule has 1 atom stereocenters. The van der Waals surface area contributed by atoms with Crippen molar-refractivity contribution in [3.8, 4) is 5.75 Å². The average molecular weight is 472 g/mol. The van der Waals surface area contributed by atoms with Crippen LogP contribution in [0.5, 0.6) is 5.75 Å². The summed E-state index contributed by atoms with van der Waals surface area (Å²) in [6, 6.07) is 11.1.